The second kappa shape index (κ2) is 9.54. The van der Waals surface area contributed by atoms with Gasteiger partial charge in [0, 0.05) is 52.7 Å². The Morgan fingerprint density at radius 2 is 2.21 bits per heavy atom. The Labute approximate surface area is 144 Å². The number of amides is 1. The summed E-state index contributed by atoms with van der Waals surface area (Å²) >= 11 is 0. The summed E-state index contributed by atoms with van der Waals surface area (Å²) in [6.45, 7) is 7.37. The van der Waals surface area contributed by atoms with Crippen molar-refractivity contribution >= 4 is 11.9 Å². The third-order valence-electron chi connectivity index (χ3n) is 4.33. The number of anilines is 1. The lowest BCUT2D eigenvalue weighted by atomic mass is 9.97. The van der Waals surface area contributed by atoms with E-state index < -0.39 is 0 Å². The number of piperidine rings is 1. The second-order valence-corrected chi connectivity index (χ2v) is 6.31. The number of nitrogens with one attached hydrogen (secondary N) is 1. The highest BCUT2D eigenvalue weighted by molar-refractivity contribution is 5.93. The third-order valence-corrected chi connectivity index (χ3v) is 4.33. The molecule has 1 aliphatic heterocycles. The fourth-order valence-electron chi connectivity index (χ4n) is 3.10. The zero-order valence-corrected chi connectivity index (χ0v) is 15.0. The number of carbonyl (C=O) groups is 1. The fourth-order valence-corrected chi connectivity index (χ4v) is 3.10. The van der Waals surface area contributed by atoms with E-state index in [0.29, 0.717) is 17.4 Å². The first-order valence-corrected chi connectivity index (χ1v) is 8.66. The first-order valence-electron chi connectivity index (χ1n) is 8.66. The summed E-state index contributed by atoms with van der Waals surface area (Å²) in [5.41, 5.74) is 0.534. The SMILES string of the molecule is CCNc1ncc(C(=O)N(C)C[C@@H]2CCCN(CCOC)C2)cn1. The van der Waals surface area contributed by atoms with Crippen molar-refractivity contribution in [3.8, 4) is 0 Å². The van der Waals surface area contributed by atoms with Gasteiger partial charge in [0.25, 0.3) is 5.91 Å². The minimum absolute atomic E-state index is 0.0212. The third kappa shape index (κ3) is 5.42. The molecule has 2 rings (SSSR count). The van der Waals surface area contributed by atoms with Gasteiger partial charge < -0.3 is 19.9 Å². The van der Waals surface area contributed by atoms with Crippen LogP contribution in [0.4, 0.5) is 5.95 Å². The van der Waals surface area contributed by atoms with Crippen molar-refractivity contribution in [2.75, 3.05) is 58.8 Å². The number of likely N-dealkylation sites (tertiary alicyclic amines) is 1. The molecule has 1 aromatic rings. The number of ether oxygens (including phenoxy) is 1. The van der Waals surface area contributed by atoms with Crippen LogP contribution in [0.1, 0.15) is 30.1 Å². The Hall–Kier alpha value is -1.73. The zero-order valence-electron chi connectivity index (χ0n) is 15.0. The molecule has 1 N–H and O–H groups in total. The number of carbonyl (C=O) groups excluding carboxylic acids is 1. The van der Waals surface area contributed by atoms with Crippen molar-refractivity contribution in [1.29, 1.82) is 0 Å². The van der Waals surface area contributed by atoms with E-state index in [9.17, 15) is 4.79 Å². The van der Waals surface area contributed by atoms with E-state index >= 15 is 0 Å². The van der Waals surface area contributed by atoms with Crippen molar-refractivity contribution in [1.82, 2.24) is 19.8 Å². The molecule has 0 saturated carbocycles. The van der Waals surface area contributed by atoms with Gasteiger partial charge in [0.05, 0.1) is 12.2 Å². The van der Waals surface area contributed by atoms with E-state index in [4.69, 9.17) is 4.74 Å². The molecule has 1 aromatic heterocycles. The highest BCUT2D eigenvalue weighted by Crippen LogP contribution is 2.18. The molecule has 0 spiro atoms. The number of hydrogen-bond acceptors (Lipinski definition) is 6. The summed E-state index contributed by atoms with van der Waals surface area (Å²) in [5, 5.41) is 3.03. The first kappa shape index (κ1) is 18.6. The molecule has 0 aromatic carbocycles. The molecule has 2 heterocycles. The number of aromatic nitrogens is 2. The van der Waals surface area contributed by atoms with Crippen LogP contribution < -0.4 is 5.32 Å². The van der Waals surface area contributed by atoms with Gasteiger partial charge in [-0.15, -0.1) is 0 Å². The van der Waals surface area contributed by atoms with E-state index in [-0.39, 0.29) is 5.91 Å². The summed E-state index contributed by atoms with van der Waals surface area (Å²) < 4.78 is 5.16. The van der Waals surface area contributed by atoms with E-state index in [1.807, 2.05) is 14.0 Å². The van der Waals surface area contributed by atoms with Crippen LogP contribution in [-0.2, 0) is 4.74 Å². The van der Waals surface area contributed by atoms with E-state index in [1.165, 1.54) is 6.42 Å². The van der Waals surface area contributed by atoms with Crippen LogP contribution in [0.3, 0.4) is 0 Å². The molecular formula is C17H29N5O2. The molecule has 0 radical (unpaired) electrons. The molecule has 0 aliphatic carbocycles. The molecule has 7 heteroatoms. The first-order chi connectivity index (χ1) is 11.6. The van der Waals surface area contributed by atoms with Gasteiger partial charge in [-0.05, 0) is 32.2 Å². The molecule has 1 saturated heterocycles. The quantitative estimate of drug-likeness (QED) is 0.773. The molecule has 1 aliphatic rings. The highest BCUT2D eigenvalue weighted by atomic mass is 16.5. The molecule has 1 amide bonds. The lowest BCUT2D eigenvalue weighted by molar-refractivity contribution is 0.0702. The molecule has 134 valence electrons. The molecule has 1 atom stereocenters. The second-order valence-electron chi connectivity index (χ2n) is 6.31. The zero-order chi connectivity index (χ0) is 17.4. The minimum atomic E-state index is -0.0212. The van der Waals surface area contributed by atoms with Gasteiger partial charge in [-0.1, -0.05) is 0 Å². The van der Waals surface area contributed by atoms with E-state index in [0.717, 1.165) is 45.8 Å². The van der Waals surface area contributed by atoms with Crippen molar-refractivity contribution in [2.24, 2.45) is 5.92 Å². The minimum Gasteiger partial charge on any atom is -0.383 e. The lowest BCUT2D eigenvalue weighted by Crippen LogP contribution is -2.42. The van der Waals surface area contributed by atoms with Crippen LogP contribution in [0.5, 0.6) is 0 Å². The topological polar surface area (TPSA) is 70.6 Å². The molecule has 0 bridgehead atoms. The number of hydrogen-bond donors (Lipinski definition) is 1. The number of rotatable bonds is 8. The van der Waals surface area contributed by atoms with Gasteiger partial charge in [0.1, 0.15) is 0 Å². The summed E-state index contributed by atoms with van der Waals surface area (Å²) in [6.07, 6.45) is 5.53. The highest BCUT2D eigenvalue weighted by Gasteiger charge is 2.23. The Morgan fingerprint density at radius 3 is 2.88 bits per heavy atom. The Balaban J connectivity index is 1.86. The van der Waals surface area contributed by atoms with Gasteiger partial charge in [0.15, 0.2) is 0 Å². The largest absolute Gasteiger partial charge is 0.383 e. The van der Waals surface area contributed by atoms with Gasteiger partial charge in [-0.3, -0.25) is 4.79 Å². The Kier molecular flexibility index (Phi) is 7.39. The van der Waals surface area contributed by atoms with E-state index in [1.54, 1.807) is 24.4 Å². The summed E-state index contributed by atoms with van der Waals surface area (Å²) in [6, 6.07) is 0. The molecule has 1 fully saturated rings. The average molecular weight is 335 g/mol. The number of nitrogens with zero attached hydrogens (tertiary/aromatic N) is 4. The maximum Gasteiger partial charge on any atom is 0.256 e. The van der Waals surface area contributed by atoms with Gasteiger partial charge in [-0.25, -0.2) is 9.97 Å². The summed E-state index contributed by atoms with van der Waals surface area (Å²) in [5.74, 6) is 1.04. The standard InChI is InChI=1S/C17H29N5O2/c1-4-18-17-19-10-15(11-20-17)16(23)21(2)12-14-6-5-7-22(13-14)8-9-24-3/h10-11,14H,4-9,12-13H2,1-3H3,(H,18,19,20)/t14-/m0/s1. The van der Waals surface area contributed by atoms with Crippen molar-refractivity contribution < 1.29 is 9.53 Å². The van der Waals surface area contributed by atoms with Crippen LogP contribution in [0.15, 0.2) is 12.4 Å². The predicted octanol–water partition coefficient (Wildman–Crippen LogP) is 1.34. The summed E-state index contributed by atoms with van der Waals surface area (Å²) in [7, 11) is 3.59. The maximum absolute atomic E-state index is 12.5. The van der Waals surface area contributed by atoms with E-state index in [2.05, 4.69) is 20.2 Å². The summed E-state index contributed by atoms with van der Waals surface area (Å²) in [4.78, 5) is 25.1. The van der Waals surface area contributed by atoms with Crippen LogP contribution in [-0.4, -0.2) is 79.2 Å². The molecule has 24 heavy (non-hydrogen) atoms. The fraction of sp³-hybridized carbons (Fsp3) is 0.706. The van der Waals surface area contributed by atoms with Gasteiger partial charge >= 0.3 is 0 Å². The lowest BCUT2D eigenvalue weighted by Gasteiger charge is -2.34. The molecular weight excluding hydrogens is 306 g/mol. The van der Waals surface area contributed by atoms with Gasteiger partial charge in [0.2, 0.25) is 5.95 Å². The normalized spacial score (nSPS) is 18.4. The van der Waals surface area contributed by atoms with Gasteiger partial charge in [-0.2, -0.15) is 0 Å². The van der Waals surface area contributed by atoms with Crippen LogP contribution >= 0.6 is 0 Å². The van der Waals surface area contributed by atoms with Crippen LogP contribution in [0.25, 0.3) is 0 Å². The van der Waals surface area contributed by atoms with Crippen molar-refractivity contribution in [3.05, 3.63) is 18.0 Å². The monoisotopic (exact) mass is 335 g/mol. The average Bonchev–Trinajstić information content (AvgIpc) is 2.60. The van der Waals surface area contributed by atoms with Crippen molar-refractivity contribution in [3.63, 3.8) is 0 Å². The molecule has 7 nitrogen and oxygen atoms in total. The smallest absolute Gasteiger partial charge is 0.256 e. The predicted molar refractivity (Wildman–Crippen MR) is 94.2 cm³/mol. The molecule has 0 unspecified atom stereocenters. The van der Waals surface area contributed by atoms with Crippen LogP contribution in [0, 0.1) is 5.92 Å². The Morgan fingerprint density at radius 1 is 1.46 bits per heavy atom. The number of methoxy groups -OCH3 is 1. The van der Waals surface area contributed by atoms with Crippen LogP contribution in [0.2, 0.25) is 0 Å². The van der Waals surface area contributed by atoms with Crippen molar-refractivity contribution in [2.45, 2.75) is 19.8 Å². The Bertz CT molecular complexity index is 508. The maximum atomic E-state index is 12.5.